The fraction of sp³-hybridized carbons (Fsp3) is 0.364. The summed E-state index contributed by atoms with van der Waals surface area (Å²) in [4.78, 5) is 13.2. The van der Waals surface area contributed by atoms with Crippen molar-refractivity contribution in [3.8, 4) is 5.75 Å². The molecule has 1 unspecified atom stereocenters. The van der Waals surface area contributed by atoms with Crippen molar-refractivity contribution in [1.29, 1.82) is 0 Å². The Bertz CT molecular complexity index is 597. The zero-order valence-corrected chi connectivity index (χ0v) is 10.6. The molecule has 0 aromatic heterocycles. The molecule has 3 N–H and O–H groups in total. The van der Waals surface area contributed by atoms with Crippen molar-refractivity contribution >= 4 is 21.6 Å². The number of sulfonamides is 1. The Morgan fingerprint density at radius 3 is 2.61 bits per heavy atom. The molecule has 7 heteroatoms. The predicted octanol–water partition coefficient (Wildman–Crippen LogP) is 0.0944. The average molecular weight is 270 g/mol. The van der Waals surface area contributed by atoms with E-state index in [0.29, 0.717) is 11.3 Å². The molecule has 1 fully saturated rings. The summed E-state index contributed by atoms with van der Waals surface area (Å²) in [6.07, 6.45) is -0.0981. The molecule has 1 aliphatic heterocycles. The van der Waals surface area contributed by atoms with Crippen LogP contribution in [0.15, 0.2) is 18.2 Å². The highest BCUT2D eigenvalue weighted by Crippen LogP contribution is 2.29. The Kier molecular flexibility index (Phi) is 3.04. The number of hydrogen-bond acceptors (Lipinski definition) is 4. The lowest BCUT2D eigenvalue weighted by atomic mass is 10.2. The van der Waals surface area contributed by atoms with E-state index in [-0.39, 0.29) is 24.6 Å². The van der Waals surface area contributed by atoms with Crippen LogP contribution in [0, 0.1) is 6.92 Å². The average Bonchev–Trinajstić information content (AvgIpc) is 2.60. The van der Waals surface area contributed by atoms with E-state index in [1.165, 1.54) is 17.0 Å². The van der Waals surface area contributed by atoms with Crippen molar-refractivity contribution in [2.24, 2.45) is 5.14 Å². The summed E-state index contributed by atoms with van der Waals surface area (Å²) >= 11 is 0. The second-order valence-electron chi connectivity index (χ2n) is 4.39. The van der Waals surface area contributed by atoms with E-state index in [1.807, 2.05) is 0 Å². The number of carbonyl (C=O) groups is 1. The van der Waals surface area contributed by atoms with E-state index < -0.39 is 15.3 Å². The SMILES string of the molecule is Cc1cc(O)ccc1N1CC(S(N)(=O)=O)CC1=O. The monoisotopic (exact) mass is 270 g/mol. The number of hydrogen-bond donors (Lipinski definition) is 2. The largest absolute Gasteiger partial charge is 0.508 e. The van der Waals surface area contributed by atoms with E-state index in [1.54, 1.807) is 13.0 Å². The van der Waals surface area contributed by atoms with Gasteiger partial charge in [-0.2, -0.15) is 0 Å². The van der Waals surface area contributed by atoms with E-state index in [4.69, 9.17) is 5.14 Å². The Labute approximate surface area is 105 Å². The molecule has 1 amide bonds. The Morgan fingerprint density at radius 1 is 1.44 bits per heavy atom. The minimum atomic E-state index is -3.71. The summed E-state index contributed by atoms with van der Waals surface area (Å²) in [5.41, 5.74) is 1.31. The van der Waals surface area contributed by atoms with Gasteiger partial charge in [-0.25, -0.2) is 13.6 Å². The summed E-state index contributed by atoms with van der Waals surface area (Å²) in [6, 6.07) is 4.57. The molecule has 98 valence electrons. The lowest BCUT2D eigenvalue weighted by molar-refractivity contribution is -0.117. The molecular formula is C11H14N2O4S. The number of phenolic OH excluding ortho intramolecular Hbond substituents is 1. The molecule has 1 aromatic rings. The number of aryl methyl sites for hydroxylation is 1. The molecule has 0 aliphatic carbocycles. The molecule has 1 heterocycles. The molecular weight excluding hydrogens is 256 g/mol. The number of aromatic hydroxyl groups is 1. The predicted molar refractivity (Wildman–Crippen MR) is 66.7 cm³/mol. The topological polar surface area (TPSA) is 101 Å². The van der Waals surface area contributed by atoms with Gasteiger partial charge in [-0.1, -0.05) is 0 Å². The van der Waals surface area contributed by atoms with Crippen LogP contribution in [0.2, 0.25) is 0 Å². The van der Waals surface area contributed by atoms with Crippen molar-refractivity contribution in [2.75, 3.05) is 11.4 Å². The molecule has 1 atom stereocenters. The number of primary sulfonamides is 1. The van der Waals surface area contributed by atoms with Crippen LogP contribution < -0.4 is 10.0 Å². The van der Waals surface area contributed by atoms with Crippen LogP contribution in [0.4, 0.5) is 5.69 Å². The van der Waals surface area contributed by atoms with Crippen LogP contribution >= 0.6 is 0 Å². The molecule has 0 spiro atoms. The normalized spacial score (nSPS) is 20.4. The second kappa shape index (κ2) is 4.25. The first-order valence-electron chi connectivity index (χ1n) is 5.40. The molecule has 1 aromatic carbocycles. The molecule has 0 saturated carbocycles. The third kappa shape index (κ3) is 2.32. The van der Waals surface area contributed by atoms with Crippen molar-refractivity contribution in [2.45, 2.75) is 18.6 Å². The van der Waals surface area contributed by atoms with Crippen molar-refractivity contribution in [3.05, 3.63) is 23.8 Å². The number of amides is 1. The van der Waals surface area contributed by atoms with Crippen molar-refractivity contribution in [3.63, 3.8) is 0 Å². The Hall–Kier alpha value is -1.60. The quantitative estimate of drug-likeness (QED) is 0.795. The van der Waals surface area contributed by atoms with Crippen LogP contribution in [0.1, 0.15) is 12.0 Å². The Morgan fingerprint density at radius 2 is 2.11 bits per heavy atom. The maximum Gasteiger partial charge on any atom is 0.228 e. The van der Waals surface area contributed by atoms with Crippen LogP contribution in [0.5, 0.6) is 5.75 Å². The van der Waals surface area contributed by atoms with Gasteiger partial charge in [-0.15, -0.1) is 0 Å². The van der Waals surface area contributed by atoms with Gasteiger partial charge < -0.3 is 10.0 Å². The summed E-state index contributed by atoms with van der Waals surface area (Å²) in [5.74, 6) is -0.172. The Balaban J connectivity index is 2.33. The van der Waals surface area contributed by atoms with Gasteiger partial charge in [0, 0.05) is 18.7 Å². The first-order valence-corrected chi connectivity index (χ1v) is 7.01. The first-order chi connectivity index (χ1) is 8.29. The van der Waals surface area contributed by atoms with Gasteiger partial charge in [0.1, 0.15) is 11.0 Å². The van der Waals surface area contributed by atoms with Gasteiger partial charge in [-0.3, -0.25) is 4.79 Å². The fourth-order valence-corrected chi connectivity index (χ4v) is 2.80. The van der Waals surface area contributed by atoms with Gasteiger partial charge >= 0.3 is 0 Å². The van der Waals surface area contributed by atoms with Gasteiger partial charge in [-0.05, 0) is 30.7 Å². The highest BCUT2D eigenvalue weighted by atomic mass is 32.2. The van der Waals surface area contributed by atoms with E-state index in [2.05, 4.69) is 0 Å². The van der Waals surface area contributed by atoms with Crippen LogP contribution in [-0.2, 0) is 14.8 Å². The molecule has 1 aliphatic rings. The number of phenols is 1. The summed E-state index contributed by atoms with van der Waals surface area (Å²) in [7, 11) is -3.71. The van der Waals surface area contributed by atoms with Gasteiger partial charge in [0.15, 0.2) is 0 Å². The molecule has 2 rings (SSSR count). The fourth-order valence-electron chi connectivity index (χ4n) is 2.07. The highest BCUT2D eigenvalue weighted by Gasteiger charge is 2.37. The van der Waals surface area contributed by atoms with Crippen molar-refractivity contribution in [1.82, 2.24) is 0 Å². The second-order valence-corrected chi connectivity index (χ2v) is 6.24. The number of nitrogens with zero attached hydrogens (tertiary/aromatic N) is 1. The summed E-state index contributed by atoms with van der Waals surface area (Å²) < 4.78 is 22.5. The minimum Gasteiger partial charge on any atom is -0.508 e. The molecule has 0 bridgehead atoms. The molecule has 18 heavy (non-hydrogen) atoms. The lowest BCUT2D eigenvalue weighted by Gasteiger charge is -2.18. The highest BCUT2D eigenvalue weighted by molar-refractivity contribution is 7.89. The minimum absolute atomic E-state index is 0.0588. The standard InChI is InChI=1S/C11H14N2O4S/c1-7-4-8(14)2-3-10(7)13-6-9(5-11(13)15)18(12,16)17/h2-4,9,14H,5-6H2,1H3,(H2,12,16,17). The van der Waals surface area contributed by atoms with Crippen LogP contribution in [0.25, 0.3) is 0 Å². The van der Waals surface area contributed by atoms with Gasteiger partial charge in [0.25, 0.3) is 0 Å². The van der Waals surface area contributed by atoms with Crippen LogP contribution in [0.3, 0.4) is 0 Å². The number of carbonyl (C=O) groups excluding carboxylic acids is 1. The molecule has 0 radical (unpaired) electrons. The van der Waals surface area contributed by atoms with E-state index in [0.717, 1.165) is 0 Å². The van der Waals surface area contributed by atoms with E-state index >= 15 is 0 Å². The lowest BCUT2D eigenvalue weighted by Crippen LogP contribution is -2.32. The molecule has 1 saturated heterocycles. The smallest absolute Gasteiger partial charge is 0.228 e. The third-order valence-electron chi connectivity index (χ3n) is 3.03. The third-order valence-corrected chi connectivity index (χ3v) is 4.27. The van der Waals surface area contributed by atoms with E-state index in [9.17, 15) is 18.3 Å². The zero-order chi connectivity index (χ0) is 13.5. The van der Waals surface area contributed by atoms with Crippen molar-refractivity contribution < 1.29 is 18.3 Å². The van der Waals surface area contributed by atoms with Gasteiger partial charge in [0.2, 0.25) is 15.9 Å². The number of anilines is 1. The maximum atomic E-state index is 11.8. The first kappa shape index (κ1) is 12.8. The number of benzene rings is 1. The van der Waals surface area contributed by atoms with Crippen LogP contribution in [-0.4, -0.2) is 31.2 Å². The number of rotatable bonds is 2. The molecule has 6 nitrogen and oxygen atoms in total. The number of nitrogens with two attached hydrogens (primary N) is 1. The summed E-state index contributed by atoms with van der Waals surface area (Å²) in [6.45, 7) is 1.80. The maximum absolute atomic E-state index is 11.8. The summed E-state index contributed by atoms with van der Waals surface area (Å²) in [5, 5.41) is 13.5. The zero-order valence-electron chi connectivity index (χ0n) is 9.83. The van der Waals surface area contributed by atoms with Gasteiger partial charge in [0.05, 0.1) is 0 Å².